The summed E-state index contributed by atoms with van der Waals surface area (Å²) in [6.07, 6.45) is 0. The summed E-state index contributed by atoms with van der Waals surface area (Å²) in [5.74, 6) is -0.129. The highest BCUT2D eigenvalue weighted by Crippen LogP contribution is 1.98. The number of hydrogen-bond donors (Lipinski definition) is 2. The Balaban J connectivity index is 1.92. The lowest BCUT2D eigenvalue weighted by Crippen LogP contribution is -2.56. The number of carbonyl (C=O) groups excluding carboxylic acids is 1. The average Bonchev–Trinajstić information content (AvgIpc) is 2.47. The molecule has 0 unspecified atom stereocenters. The third-order valence-electron chi connectivity index (χ3n) is 1.71. The van der Waals surface area contributed by atoms with Crippen molar-refractivity contribution in [3.63, 3.8) is 0 Å². The van der Waals surface area contributed by atoms with Crippen LogP contribution in [0.15, 0.2) is 5.38 Å². The molecule has 1 amide bonds. The van der Waals surface area contributed by atoms with Crippen molar-refractivity contribution in [1.82, 2.24) is 20.2 Å². The maximum atomic E-state index is 11.3. The molecule has 2 heterocycles. The van der Waals surface area contributed by atoms with Crippen LogP contribution in [-0.4, -0.2) is 34.6 Å². The summed E-state index contributed by atoms with van der Waals surface area (Å²) in [6.45, 7) is 1.70. The average molecular weight is 184 g/mol. The zero-order valence-corrected chi connectivity index (χ0v) is 7.10. The van der Waals surface area contributed by atoms with Crippen LogP contribution in [0, 0.1) is 0 Å². The number of amides is 1. The van der Waals surface area contributed by atoms with E-state index >= 15 is 0 Å². The molecular weight excluding hydrogens is 176 g/mol. The largest absolute Gasteiger partial charge is 0.345 e. The molecule has 0 spiro atoms. The lowest BCUT2D eigenvalue weighted by Gasteiger charge is -2.27. The summed E-state index contributed by atoms with van der Waals surface area (Å²) < 4.78 is 3.61. The summed E-state index contributed by atoms with van der Waals surface area (Å²) in [7, 11) is 0. The monoisotopic (exact) mass is 184 g/mol. The molecule has 1 fully saturated rings. The van der Waals surface area contributed by atoms with Crippen LogP contribution in [0.1, 0.15) is 10.5 Å². The van der Waals surface area contributed by atoms with Gasteiger partial charge in [-0.05, 0) is 11.5 Å². The summed E-state index contributed by atoms with van der Waals surface area (Å²) in [4.78, 5) is 11.3. The number of aromatic nitrogens is 2. The minimum absolute atomic E-state index is 0.129. The van der Waals surface area contributed by atoms with Gasteiger partial charge >= 0.3 is 0 Å². The van der Waals surface area contributed by atoms with Crippen LogP contribution in [0.4, 0.5) is 0 Å². The van der Waals surface area contributed by atoms with Gasteiger partial charge in [-0.2, -0.15) is 0 Å². The van der Waals surface area contributed by atoms with Crippen molar-refractivity contribution in [3.8, 4) is 0 Å². The molecule has 0 radical (unpaired) electrons. The number of rotatable bonds is 2. The van der Waals surface area contributed by atoms with Crippen LogP contribution in [0.5, 0.6) is 0 Å². The second kappa shape index (κ2) is 3.16. The molecule has 6 heteroatoms. The molecule has 0 atom stereocenters. The first kappa shape index (κ1) is 7.63. The fourth-order valence-electron chi connectivity index (χ4n) is 0.914. The van der Waals surface area contributed by atoms with E-state index in [0.29, 0.717) is 5.69 Å². The van der Waals surface area contributed by atoms with Gasteiger partial charge in [-0.15, -0.1) is 5.10 Å². The van der Waals surface area contributed by atoms with E-state index in [-0.39, 0.29) is 11.9 Å². The van der Waals surface area contributed by atoms with E-state index in [1.165, 1.54) is 11.5 Å². The van der Waals surface area contributed by atoms with E-state index in [9.17, 15) is 4.79 Å². The standard InChI is InChI=1S/C6H8N4OS/c11-6(5-3-12-10-9-5)8-4-1-7-2-4/h3-4,7H,1-2H2,(H,8,11). The van der Waals surface area contributed by atoms with Crippen molar-refractivity contribution in [1.29, 1.82) is 0 Å². The van der Waals surface area contributed by atoms with E-state index < -0.39 is 0 Å². The quantitative estimate of drug-likeness (QED) is 0.634. The van der Waals surface area contributed by atoms with Gasteiger partial charge in [0.2, 0.25) is 0 Å². The Morgan fingerprint density at radius 3 is 3.08 bits per heavy atom. The van der Waals surface area contributed by atoms with Gasteiger partial charge in [0, 0.05) is 18.5 Å². The van der Waals surface area contributed by atoms with Gasteiger partial charge in [0.05, 0.1) is 6.04 Å². The topological polar surface area (TPSA) is 66.9 Å². The number of hydrogen-bond acceptors (Lipinski definition) is 5. The van der Waals surface area contributed by atoms with Gasteiger partial charge in [-0.25, -0.2) is 0 Å². The Bertz CT molecular complexity index is 269. The van der Waals surface area contributed by atoms with E-state index in [4.69, 9.17) is 0 Å². The van der Waals surface area contributed by atoms with Crippen LogP contribution < -0.4 is 10.6 Å². The molecule has 1 aromatic heterocycles. The zero-order valence-electron chi connectivity index (χ0n) is 6.28. The normalized spacial score (nSPS) is 17.0. The Labute approximate surface area is 73.3 Å². The lowest BCUT2D eigenvalue weighted by molar-refractivity contribution is 0.0919. The summed E-state index contributed by atoms with van der Waals surface area (Å²) in [5, 5.41) is 11.2. The minimum Gasteiger partial charge on any atom is -0.345 e. The SMILES string of the molecule is O=C(NC1CNC1)c1csnn1. The Hall–Kier alpha value is -1.01. The molecule has 1 aliphatic rings. The fourth-order valence-corrected chi connectivity index (χ4v) is 1.35. The van der Waals surface area contributed by atoms with E-state index in [0.717, 1.165) is 13.1 Å². The maximum Gasteiger partial charge on any atom is 0.273 e. The van der Waals surface area contributed by atoms with Crippen molar-refractivity contribution in [2.75, 3.05) is 13.1 Å². The molecule has 1 aliphatic heterocycles. The molecule has 2 rings (SSSR count). The first-order valence-corrected chi connectivity index (χ1v) is 4.48. The predicted molar refractivity (Wildman–Crippen MR) is 44.0 cm³/mol. The molecule has 0 bridgehead atoms. The van der Waals surface area contributed by atoms with Crippen molar-refractivity contribution in [2.24, 2.45) is 0 Å². The van der Waals surface area contributed by atoms with Gasteiger partial charge in [0.15, 0.2) is 5.69 Å². The molecule has 0 aromatic carbocycles. The number of carbonyl (C=O) groups is 1. The molecule has 64 valence electrons. The van der Waals surface area contributed by atoms with Crippen molar-refractivity contribution in [2.45, 2.75) is 6.04 Å². The van der Waals surface area contributed by atoms with Crippen LogP contribution in [0.3, 0.4) is 0 Å². The van der Waals surface area contributed by atoms with E-state index in [1.54, 1.807) is 5.38 Å². The zero-order chi connectivity index (χ0) is 8.39. The minimum atomic E-state index is -0.129. The van der Waals surface area contributed by atoms with Crippen LogP contribution in [-0.2, 0) is 0 Å². The Morgan fingerprint density at radius 1 is 1.75 bits per heavy atom. The second-order valence-corrected chi connectivity index (χ2v) is 3.23. The van der Waals surface area contributed by atoms with Crippen molar-refractivity contribution in [3.05, 3.63) is 11.1 Å². The molecule has 1 saturated heterocycles. The second-order valence-electron chi connectivity index (χ2n) is 2.62. The van der Waals surface area contributed by atoms with Crippen LogP contribution in [0.25, 0.3) is 0 Å². The van der Waals surface area contributed by atoms with Gasteiger partial charge < -0.3 is 10.6 Å². The third kappa shape index (κ3) is 1.44. The summed E-state index contributed by atoms with van der Waals surface area (Å²) in [6, 6.07) is 0.263. The van der Waals surface area contributed by atoms with E-state index in [2.05, 4.69) is 20.2 Å². The van der Waals surface area contributed by atoms with Gasteiger partial charge in [0.1, 0.15) is 0 Å². The highest BCUT2D eigenvalue weighted by Gasteiger charge is 2.20. The van der Waals surface area contributed by atoms with Gasteiger partial charge in [0.25, 0.3) is 5.91 Å². The van der Waals surface area contributed by atoms with Gasteiger partial charge in [-0.3, -0.25) is 4.79 Å². The molecule has 12 heavy (non-hydrogen) atoms. The molecular formula is C6H8N4OS. The lowest BCUT2D eigenvalue weighted by atomic mass is 10.2. The van der Waals surface area contributed by atoms with E-state index in [1.807, 2.05) is 0 Å². The van der Waals surface area contributed by atoms with Crippen molar-refractivity contribution < 1.29 is 4.79 Å². The molecule has 0 aliphatic carbocycles. The van der Waals surface area contributed by atoms with Crippen molar-refractivity contribution >= 4 is 17.4 Å². The molecule has 1 aromatic rings. The highest BCUT2D eigenvalue weighted by molar-refractivity contribution is 7.03. The summed E-state index contributed by atoms with van der Waals surface area (Å²) in [5.41, 5.74) is 0.409. The first-order chi connectivity index (χ1) is 5.86. The predicted octanol–water partition coefficient (Wildman–Crippen LogP) is -0.760. The maximum absolute atomic E-state index is 11.3. The smallest absolute Gasteiger partial charge is 0.273 e. The Morgan fingerprint density at radius 2 is 2.58 bits per heavy atom. The highest BCUT2D eigenvalue weighted by atomic mass is 32.1. The van der Waals surface area contributed by atoms with Crippen LogP contribution in [0.2, 0.25) is 0 Å². The van der Waals surface area contributed by atoms with Gasteiger partial charge in [-0.1, -0.05) is 4.49 Å². The summed E-state index contributed by atoms with van der Waals surface area (Å²) >= 11 is 1.18. The van der Waals surface area contributed by atoms with Crippen LogP contribution >= 0.6 is 11.5 Å². The molecule has 0 saturated carbocycles. The number of nitrogens with zero attached hydrogens (tertiary/aromatic N) is 2. The Kier molecular flexibility index (Phi) is 2.01. The fraction of sp³-hybridized carbons (Fsp3) is 0.500. The molecule has 5 nitrogen and oxygen atoms in total. The molecule has 2 N–H and O–H groups in total. The first-order valence-electron chi connectivity index (χ1n) is 3.65. The number of nitrogens with one attached hydrogen (secondary N) is 2. The third-order valence-corrected chi connectivity index (χ3v) is 2.21.